The molecule has 2 aliphatic rings. The van der Waals surface area contributed by atoms with Gasteiger partial charge >= 0.3 is 0 Å². The van der Waals surface area contributed by atoms with Gasteiger partial charge in [-0.05, 0) is 50.5 Å². The number of amides is 1. The van der Waals surface area contributed by atoms with Crippen LogP contribution in [0.5, 0.6) is 0 Å². The summed E-state index contributed by atoms with van der Waals surface area (Å²) in [6.45, 7) is 0.484. The standard InChI is InChI=1S/C17H23N3OS/c1-20(2,12-6-3-4-7-12)11-16(21)19-17-14(10-18)13-8-5-9-15(13)22-17/h12H,3-9,11H2,1-2H3/p+1. The van der Waals surface area contributed by atoms with Crippen molar-refractivity contribution < 1.29 is 9.28 Å². The fourth-order valence-electron chi connectivity index (χ4n) is 3.88. The topological polar surface area (TPSA) is 52.9 Å². The molecule has 0 bridgehead atoms. The van der Waals surface area contributed by atoms with Crippen LogP contribution in [0.2, 0.25) is 0 Å². The van der Waals surface area contributed by atoms with Crippen molar-refractivity contribution in [2.75, 3.05) is 26.0 Å². The number of hydrogen-bond acceptors (Lipinski definition) is 3. The van der Waals surface area contributed by atoms with Crippen molar-refractivity contribution in [1.29, 1.82) is 5.26 Å². The largest absolute Gasteiger partial charge is 0.318 e. The molecule has 0 unspecified atom stereocenters. The number of fused-ring (bicyclic) bond motifs is 1. The van der Waals surface area contributed by atoms with Crippen LogP contribution in [0.15, 0.2) is 0 Å². The molecule has 1 aromatic heterocycles. The lowest BCUT2D eigenvalue weighted by molar-refractivity contribution is -0.906. The Kier molecular flexibility index (Phi) is 4.24. The Labute approximate surface area is 136 Å². The Balaban J connectivity index is 1.69. The van der Waals surface area contributed by atoms with Crippen molar-refractivity contribution in [2.45, 2.75) is 51.0 Å². The average molecular weight is 318 g/mol. The first kappa shape index (κ1) is 15.5. The lowest BCUT2D eigenvalue weighted by Crippen LogP contribution is -2.51. The normalized spacial score (nSPS) is 18.2. The van der Waals surface area contributed by atoms with E-state index in [4.69, 9.17) is 0 Å². The van der Waals surface area contributed by atoms with Gasteiger partial charge in [-0.3, -0.25) is 4.79 Å². The monoisotopic (exact) mass is 318 g/mol. The quantitative estimate of drug-likeness (QED) is 0.868. The number of thiophene rings is 1. The first-order valence-electron chi connectivity index (χ1n) is 8.18. The molecule has 22 heavy (non-hydrogen) atoms. The molecular formula is C17H24N3OS+. The summed E-state index contributed by atoms with van der Waals surface area (Å²) in [6, 6.07) is 2.88. The number of nitriles is 1. The molecule has 118 valence electrons. The van der Waals surface area contributed by atoms with Gasteiger partial charge in [-0.2, -0.15) is 5.26 Å². The van der Waals surface area contributed by atoms with Crippen molar-refractivity contribution >= 4 is 22.2 Å². The molecule has 0 spiro atoms. The maximum Gasteiger partial charge on any atom is 0.280 e. The fourth-order valence-corrected chi connectivity index (χ4v) is 5.14. The second-order valence-corrected chi connectivity index (χ2v) is 8.20. The van der Waals surface area contributed by atoms with Crippen LogP contribution in [-0.2, 0) is 17.6 Å². The summed E-state index contributed by atoms with van der Waals surface area (Å²) in [7, 11) is 4.30. The number of quaternary nitrogens is 1. The van der Waals surface area contributed by atoms with Crippen LogP contribution in [0.3, 0.4) is 0 Å². The number of likely N-dealkylation sites (N-methyl/N-ethyl adjacent to an activating group) is 1. The third-order valence-electron chi connectivity index (χ3n) is 5.15. The van der Waals surface area contributed by atoms with Gasteiger partial charge in [-0.1, -0.05) is 0 Å². The van der Waals surface area contributed by atoms with Gasteiger partial charge in [0.2, 0.25) is 0 Å². The van der Waals surface area contributed by atoms with E-state index in [1.54, 1.807) is 11.3 Å². The molecule has 2 aliphatic carbocycles. The Morgan fingerprint density at radius 1 is 1.32 bits per heavy atom. The van der Waals surface area contributed by atoms with E-state index >= 15 is 0 Å². The first-order chi connectivity index (χ1) is 10.5. The molecule has 1 saturated carbocycles. The van der Waals surface area contributed by atoms with Crippen molar-refractivity contribution in [3.63, 3.8) is 0 Å². The van der Waals surface area contributed by atoms with E-state index in [0.29, 0.717) is 18.2 Å². The maximum atomic E-state index is 12.5. The number of nitrogens with zero attached hydrogens (tertiary/aromatic N) is 2. The molecule has 0 atom stereocenters. The summed E-state index contributed by atoms with van der Waals surface area (Å²) in [5, 5.41) is 13.2. The highest BCUT2D eigenvalue weighted by Crippen LogP contribution is 2.38. The molecule has 1 amide bonds. The van der Waals surface area contributed by atoms with E-state index in [1.807, 2.05) is 0 Å². The third kappa shape index (κ3) is 2.90. The zero-order chi connectivity index (χ0) is 15.7. The highest BCUT2D eigenvalue weighted by atomic mass is 32.1. The Morgan fingerprint density at radius 2 is 2.05 bits per heavy atom. The molecule has 1 aromatic rings. The molecule has 4 nitrogen and oxygen atoms in total. The molecule has 0 saturated heterocycles. The van der Waals surface area contributed by atoms with Crippen molar-refractivity contribution in [3.8, 4) is 6.07 Å². The minimum Gasteiger partial charge on any atom is -0.318 e. The van der Waals surface area contributed by atoms with E-state index in [1.165, 1.54) is 36.1 Å². The van der Waals surface area contributed by atoms with E-state index in [0.717, 1.165) is 28.7 Å². The summed E-state index contributed by atoms with van der Waals surface area (Å²) in [5.74, 6) is 0.0355. The van der Waals surface area contributed by atoms with Gasteiger partial charge in [0.1, 0.15) is 11.1 Å². The summed E-state index contributed by atoms with van der Waals surface area (Å²) < 4.78 is 0.749. The zero-order valence-corrected chi connectivity index (χ0v) is 14.3. The molecule has 3 rings (SSSR count). The van der Waals surface area contributed by atoms with Crippen LogP contribution in [0.4, 0.5) is 5.00 Å². The fraction of sp³-hybridized carbons (Fsp3) is 0.647. The minimum absolute atomic E-state index is 0.0355. The van der Waals surface area contributed by atoms with E-state index in [9.17, 15) is 10.1 Å². The van der Waals surface area contributed by atoms with Crippen LogP contribution in [-0.4, -0.2) is 37.1 Å². The average Bonchev–Trinajstić information content (AvgIpc) is 3.14. The van der Waals surface area contributed by atoms with Crippen LogP contribution in [0, 0.1) is 11.3 Å². The number of rotatable bonds is 4. The lowest BCUT2D eigenvalue weighted by Gasteiger charge is -2.35. The van der Waals surface area contributed by atoms with E-state index < -0.39 is 0 Å². The van der Waals surface area contributed by atoms with Gasteiger partial charge in [0, 0.05) is 4.88 Å². The van der Waals surface area contributed by atoms with Crippen molar-refractivity contribution in [3.05, 3.63) is 16.0 Å². The highest BCUT2D eigenvalue weighted by molar-refractivity contribution is 7.16. The van der Waals surface area contributed by atoms with Gasteiger partial charge in [0.15, 0.2) is 6.54 Å². The first-order valence-corrected chi connectivity index (χ1v) is 9.00. The number of nitrogens with one attached hydrogen (secondary N) is 1. The summed E-state index contributed by atoms with van der Waals surface area (Å²) in [4.78, 5) is 13.7. The van der Waals surface area contributed by atoms with Gasteiger partial charge in [-0.15, -0.1) is 11.3 Å². The molecule has 1 fully saturated rings. The van der Waals surface area contributed by atoms with Gasteiger partial charge < -0.3 is 9.80 Å². The van der Waals surface area contributed by atoms with Gasteiger partial charge in [0.05, 0.1) is 25.7 Å². The Hall–Kier alpha value is -1.38. The van der Waals surface area contributed by atoms with Crippen LogP contribution < -0.4 is 5.32 Å². The third-order valence-corrected chi connectivity index (χ3v) is 6.36. The van der Waals surface area contributed by atoms with Crippen molar-refractivity contribution in [1.82, 2.24) is 0 Å². The molecule has 5 heteroatoms. The summed E-state index contributed by atoms with van der Waals surface area (Å²) in [6.07, 6.45) is 8.17. The zero-order valence-electron chi connectivity index (χ0n) is 13.4. The van der Waals surface area contributed by atoms with Gasteiger partial charge in [-0.25, -0.2) is 0 Å². The smallest absolute Gasteiger partial charge is 0.280 e. The number of aryl methyl sites for hydroxylation is 1. The second kappa shape index (κ2) is 6.02. The molecule has 1 heterocycles. The Bertz CT molecular complexity index is 621. The summed E-state index contributed by atoms with van der Waals surface area (Å²) >= 11 is 1.60. The maximum absolute atomic E-state index is 12.5. The number of anilines is 1. The van der Waals surface area contributed by atoms with E-state index in [2.05, 4.69) is 25.5 Å². The van der Waals surface area contributed by atoms with Gasteiger partial charge in [0.25, 0.3) is 5.91 Å². The number of carbonyl (C=O) groups is 1. The van der Waals surface area contributed by atoms with Crippen LogP contribution >= 0.6 is 11.3 Å². The van der Waals surface area contributed by atoms with E-state index in [-0.39, 0.29) is 5.91 Å². The molecule has 0 radical (unpaired) electrons. The molecule has 0 aromatic carbocycles. The second-order valence-electron chi connectivity index (χ2n) is 7.10. The predicted molar refractivity (Wildman–Crippen MR) is 88.9 cm³/mol. The molecule has 0 aliphatic heterocycles. The van der Waals surface area contributed by atoms with Crippen LogP contribution in [0.25, 0.3) is 0 Å². The predicted octanol–water partition coefficient (Wildman–Crippen LogP) is 3.07. The molecular weight excluding hydrogens is 294 g/mol. The number of hydrogen-bond donors (Lipinski definition) is 1. The SMILES string of the molecule is C[N+](C)(CC(=O)Nc1sc2c(c1C#N)CCC2)C1CCCC1. The van der Waals surface area contributed by atoms with Crippen molar-refractivity contribution in [2.24, 2.45) is 0 Å². The minimum atomic E-state index is 0.0355. The summed E-state index contributed by atoms with van der Waals surface area (Å²) in [5.41, 5.74) is 1.88. The highest BCUT2D eigenvalue weighted by Gasteiger charge is 2.33. The number of carbonyl (C=O) groups excluding carboxylic acids is 1. The van der Waals surface area contributed by atoms with Crippen LogP contribution in [0.1, 0.15) is 48.1 Å². The molecule has 1 N–H and O–H groups in total. The lowest BCUT2D eigenvalue weighted by atomic mass is 10.1. The Morgan fingerprint density at radius 3 is 2.73 bits per heavy atom.